The number of aliphatic imine (C=N–C) groups is 1. The number of benzene rings is 3. The summed E-state index contributed by atoms with van der Waals surface area (Å²) in [6, 6.07) is 21.3. The van der Waals surface area contributed by atoms with E-state index >= 15 is 0 Å². The van der Waals surface area contributed by atoms with Gasteiger partial charge in [-0.05, 0) is 110 Å². The SMILES string of the molecule is Cc1ccc(C(=O)N2CCOCC2)cc1-c1ccc(C[C@H](CC(=O)C2CCC(CN)CC2)C(=O)Nc2ccc(C3=NCN=N3)cc2)cc1. The number of anilines is 1. The summed E-state index contributed by atoms with van der Waals surface area (Å²) in [7, 11) is 0. The van der Waals surface area contributed by atoms with Crippen molar-refractivity contribution in [2.75, 3.05) is 44.8 Å². The highest BCUT2D eigenvalue weighted by atomic mass is 16.5. The van der Waals surface area contributed by atoms with Crippen molar-refractivity contribution in [1.29, 1.82) is 0 Å². The predicted molar refractivity (Wildman–Crippen MR) is 186 cm³/mol. The minimum atomic E-state index is -0.528. The molecule has 2 amide bonds. The van der Waals surface area contributed by atoms with Gasteiger partial charge in [-0.3, -0.25) is 14.4 Å². The molecule has 250 valence electrons. The van der Waals surface area contributed by atoms with E-state index in [2.05, 4.69) is 20.5 Å². The molecule has 2 fully saturated rings. The van der Waals surface area contributed by atoms with Crippen LogP contribution in [0.3, 0.4) is 0 Å². The van der Waals surface area contributed by atoms with E-state index in [1.54, 1.807) is 0 Å². The van der Waals surface area contributed by atoms with Crippen LogP contribution in [-0.2, 0) is 20.7 Å². The van der Waals surface area contributed by atoms with Crippen molar-refractivity contribution in [1.82, 2.24) is 4.90 Å². The molecule has 0 radical (unpaired) electrons. The van der Waals surface area contributed by atoms with Gasteiger partial charge >= 0.3 is 0 Å². The van der Waals surface area contributed by atoms with Gasteiger partial charge in [-0.15, -0.1) is 5.11 Å². The number of nitrogens with one attached hydrogen (secondary N) is 1. The molecule has 6 rings (SSSR count). The van der Waals surface area contributed by atoms with E-state index in [0.29, 0.717) is 68.9 Å². The molecule has 10 heteroatoms. The number of carbonyl (C=O) groups excluding carboxylic acids is 3. The molecule has 48 heavy (non-hydrogen) atoms. The summed E-state index contributed by atoms with van der Waals surface area (Å²) < 4.78 is 5.41. The second-order valence-electron chi connectivity index (χ2n) is 13.1. The smallest absolute Gasteiger partial charge is 0.254 e. The van der Waals surface area contributed by atoms with E-state index in [9.17, 15) is 14.4 Å². The third-order valence-corrected chi connectivity index (χ3v) is 9.84. The van der Waals surface area contributed by atoms with Crippen LogP contribution in [0.1, 0.15) is 59.2 Å². The Morgan fingerprint density at radius 3 is 2.31 bits per heavy atom. The minimum absolute atomic E-state index is 0.0126. The second-order valence-corrected chi connectivity index (χ2v) is 13.1. The van der Waals surface area contributed by atoms with E-state index < -0.39 is 5.92 Å². The summed E-state index contributed by atoms with van der Waals surface area (Å²) in [5, 5.41) is 11.0. The lowest BCUT2D eigenvalue weighted by molar-refractivity contribution is -0.129. The summed E-state index contributed by atoms with van der Waals surface area (Å²) in [5.41, 5.74) is 12.1. The van der Waals surface area contributed by atoms with Crippen molar-refractivity contribution >= 4 is 29.1 Å². The van der Waals surface area contributed by atoms with Gasteiger partial charge in [-0.1, -0.05) is 30.3 Å². The number of amides is 2. The monoisotopic (exact) mass is 648 g/mol. The van der Waals surface area contributed by atoms with Crippen LogP contribution in [0.2, 0.25) is 0 Å². The number of ketones is 1. The van der Waals surface area contributed by atoms with Gasteiger partial charge in [0.15, 0.2) is 12.5 Å². The molecule has 0 bridgehead atoms. The van der Waals surface area contributed by atoms with Crippen LogP contribution in [-0.4, -0.2) is 67.8 Å². The van der Waals surface area contributed by atoms with Crippen LogP contribution >= 0.6 is 0 Å². The number of amidine groups is 1. The lowest BCUT2D eigenvalue weighted by Crippen LogP contribution is -2.40. The fourth-order valence-electron chi connectivity index (χ4n) is 6.83. The first kappa shape index (κ1) is 33.4. The number of carbonyl (C=O) groups is 3. The van der Waals surface area contributed by atoms with Gasteiger partial charge in [0, 0.05) is 48.2 Å². The van der Waals surface area contributed by atoms with E-state index in [1.807, 2.05) is 78.6 Å². The Hall–Kier alpha value is -4.54. The molecule has 3 aliphatic rings. The van der Waals surface area contributed by atoms with Gasteiger partial charge in [0.1, 0.15) is 5.78 Å². The van der Waals surface area contributed by atoms with Crippen LogP contribution in [0, 0.1) is 24.7 Å². The summed E-state index contributed by atoms with van der Waals surface area (Å²) in [6.07, 6.45) is 4.20. The molecule has 1 saturated carbocycles. The van der Waals surface area contributed by atoms with Crippen molar-refractivity contribution in [2.24, 2.45) is 38.7 Å². The number of Topliss-reactive ketones (excluding diaryl/α,β-unsaturated/α-hetero) is 1. The molecule has 3 N–H and O–H groups in total. The summed E-state index contributed by atoms with van der Waals surface area (Å²) in [5.74, 6) is 0.487. The molecule has 1 atom stereocenters. The largest absolute Gasteiger partial charge is 0.378 e. The van der Waals surface area contributed by atoms with Gasteiger partial charge in [0.25, 0.3) is 5.91 Å². The van der Waals surface area contributed by atoms with Crippen LogP contribution in [0.15, 0.2) is 82.0 Å². The Balaban J connectivity index is 1.17. The zero-order valence-electron chi connectivity index (χ0n) is 27.6. The Bertz CT molecular complexity index is 1670. The maximum atomic E-state index is 13.8. The van der Waals surface area contributed by atoms with Crippen molar-refractivity contribution in [2.45, 2.75) is 45.4 Å². The first-order chi connectivity index (χ1) is 23.4. The quantitative estimate of drug-likeness (QED) is 0.270. The Morgan fingerprint density at radius 1 is 0.938 bits per heavy atom. The van der Waals surface area contributed by atoms with Crippen molar-refractivity contribution in [3.05, 3.63) is 89.0 Å². The highest BCUT2D eigenvalue weighted by molar-refractivity contribution is 6.01. The summed E-state index contributed by atoms with van der Waals surface area (Å²) >= 11 is 0. The van der Waals surface area contributed by atoms with Crippen LogP contribution < -0.4 is 11.1 Å². The number of ether oxygens (including phenoxy) is 1. The lowest BCUT2D eigenvalue weighted by Gasteiger charge is -2.28. The first-order valence-corrected chi connectivity index (χ1v) is 17.0. The third-order valence-electron chi connectivity index (χ3n) is 9.84. The number of nitrogens with zero attached hydrogens (tertiary/aromatic N) is 4. The first-order valence-electron chi connectivity index (χ1n) is 17.0. The van der Waals surface area contributed by atoms with Gasteiger partial charge in [0.2, 0.25) is 5.91 Å². The average Bonchev–Trinajstić information content (AvgIpc) is 3.68. The van der Waals surface area contributed by atoms with E-state index in [4.69, 9.17) is 10.5 Å². The maximum Gasteiger partial charge on any atom is 0.254 e. The predicted octanol–water partition coefficient (Wildman–Crippen LogP) is 5.83. The Labute approximate surface area is 281 Å². The maximum absolute atomic E-state index is 13.8. The van der Waals surface area contributed by atoms with Crippen LogP contribution in [0.4, 0.5) is 5.69 Å². The second kappa shape index (κ2) is 15.6. The highest BCUT2D eigenvalue weighted by Crippen LogP contribution is 2.32. The van der Waals surface area contributed by atoms with E-state index in [1.165, 1.54) is 0 Å². The Kier molecular flexibility index (Phi) is 10.8. The van der Waals surface area contributed by atoms with E-state index in [0.717, 1.165) is 53.5 Å². The molecule has 2 aliphatic heterocycles. The summed E-state index contributed by atoms with van der Waals surface area (Å²) in [4.78, 5) is 46.5. The molecule has 3 aromatic carbocycles. The molecular weight excluding hydrogens is 604 g/mol. The van der Waals surface area contributed by atoms with Crippen molar-refractivity contribution in [3.63, 3.8) is 0 Å². The van der Waals surface area contributed by atoms with Gasteiger partial charge in [0.05, 0.1) is 13.2 Å². The number of aryl methyl sites for hydroxylation is 1. The average molecular weight is 649 g/mol. The minimum Gasteiger partial charge on any atom is -0.378 e. The number of hydrogen-bond donors (Lipinski definition) is 2. The Morgan fingerprint density at radius 2 is 1.65 bits per heavy atom. The molecule has 0 aromatic heterocycles. The standard InChI is InChI=1S/C38H44N6O4/c1-25-2-7-31(38(47)44-16-18-48-19-17-44)21-34(25)28-8-3-26(4-9-28)20-32(22-35(45)29-10-5-27(23-39)6-11-29)37(46)42-33-14-12-30(13-15-33)36-40-24-41-43-36/h2-4,7-9,12-15,21,27,29,32H,5-6,10-11,16-20,22-24,39H2,1H3,(H,42,46)/t27?,29?,32-/m1/s1. The molecule has 0 unspecified atom stereocenters. The molecule has 1 saturated heterocycles. The molecule has 10 nitrogen and oxygen atoms in total. The van der Waals surface area contributed by atoms with Gasteiger partial charge < -0.3 is 20.7 Å². The highest BCUT2D eigenvalue weighted by Gasteiger charge is 2.30. The molecule has 3 aromatic rings. The molecular formula is C38H44N6O4. The zero-order chi connectivity index (χ0) is 33.5. The normalized spacial score (nSPS) is 19.9. The van der Waals surface area contributed by atoms with Gasteiger partial charge in [-0.25, -0.2) is 4.99 Å². The van der Waals surface area contributed by atoms with Crippen molar-refractivity contribution in [3.8, 4) is 11.1 Å². The number of morpholine rings is 1. The molecule has 2 heterocycles. The number of rotatable bonds is 11. The fraction of sp³-hybridized carbons (Fsp3) is 0.421. The lowest BCUT2D eigenvalue weighted by atomic mass is 9.77. The van der Waals surface area contributed by atoms with Gasteiger partial charge in [-0.2, -0.15) is 5.11 Å². The van der Waals surface area contributed by atoms with Crippen LogP contribution in [0.5, 0.6) is 0 Å². The molecule has 1 aliphatic carbocycles. The summed E-state index contributed by atoms with van der Waals surface area (Å²) in [6.45, 7) is 5.33. The number of hydrogen-bond acceptors (Lipinski definition) is 8. The zero-order valence-corrected chi connectivity index (χ0v) is 27.6. The number of nitrogens with two attached hydrogens (primary N) is 1. The van der Waals surface area contributed by atoms with Crippen LogP contribution in [0.25, 0.3) is 11.1 Å². The van der Waals surface area contributed by atoms with E-state index in [-0.39, 0.29) is 29.9 Å². The third kappa shape index (κ3) is 8.11. The number of azo groups is 1. The fourth-order valence-corrected chi connectivity index (χ4v) is 6.83. The topological polar surface area (TPSA) is 139 Å². The van der Waals surface area contributed by atoms with Crippen molar-refractivity contribution < 1.29 is 19.1 Å². The molecule has 0 spiro atoms.